The molecule has 0 unspecified atom stereocenters. The van der Waals surface area contributed by atoms with Crippen LogP contribution in [0.15, 0.2) is 77.7 Å². The predicted molar refractivity (Wildman–Crippen MR) is 167 cm³/mol. The van der Waals surface area contributed by atoms with Gasteiger partial charge in [-0.05, 0) is 31.0 Å². The summed E-state index contributed by atoms with van der Waals surface area (Å²) in [6.07, 6.45) is 2.90. The van der Waals surface area contributed by atoms with Crippen molar-refractivity contribution in [2.75, 3.05) is 25.1 Å². The zero-order valence-corrected chi connectivity index (χ0v) is 24.4. The number of carbonyl (C=O) groups is 3. The highest BCUT2D eigenvalue weighted by Gasteiger charge is 2.30. The van der Waals surface area contributed by atoms with Gasteiger partial charge in [-0.15, -0.1) is 0 Å². The average molecular weight is 593 g/mol. The molecule has 224 valence electrons. The number of hydrogen-bond donors (Lipinski definition) is 2. The van der Waals surface area contributed by atoms with Crippen molar-refractivity contribution in [2.45, 2.75) is 25.4 Å². The Morgan fingerprint density at radius 3 is 2.43 bits per heavy atom. The van der Waals surface area contributed by atoms with E-state index < -0.39 is 11.5 Å². The van der Waals surface area contributed by atoms with Gasteiger partial charge in [0.25, 0.3) is 17.4 Å². The van der Waals surface area contributed by atoms with Gasteiger partial charge in [-0.2, -0.15) is 0 Å². The molecule has 0 saturated carbocycles. The quantitative estimate of drug-likeness (QED) is 0.264. The maximum absolute atomic E-state index is 14.1. The highest BCUT2D eigenvalue weighted by molar-refractivity contribution is 6.12. The first-order chi connectivity index (χ1) is 21.3. The van der Waals surface area contributed by atoms with Crippen molar-refractivity contribution in [2.24, 2.45) is 12.8 Å². The Balaban J connectivity index is 1.31. The second-order valence-corrected chi connectivity index (χ2v) is 10.9. The topological polar surface area (TPSA) is 142 Å². The number of ketones is 1. The molecule has 0 spiro atoms. The molecule has 3 aromatic heterocycles. The minimum atomic E-state index is -0.583. The number of para-hydroxylation sites is 1. The summed E-state index contributed by atoms with van der Waals surface area (Å²) < 4.78 is 8.89. The number of Topliss-reactive ketones (excluding diaryl/α,β-unsaturated/α-hetero) is 1. The molecule has 3 N–H and O–H groups in total. The largest absolute Gasteiger partial charge is 0.493 e. The summed E-state index contributed by atoms with van der Waals surface area (Å²) in [6, 6.07) is 19.6. The number of benzene rings is 2. The Morgan fingerprint density at radius 2 is 1.73 bits per heavy atom. The number of nitrogens with two attached hydrogens (primary N) is 1. The number of aromatic nitrogens is 3. The van der Waals surface area contributed by atoms with Gasteiger partial charge in [-0.3, -0.25) is 28.7 Å². The van der Waals surface area contributed by atoms with Crippen LogP contribution >= 0.6 is 0 Å². The van der Waals surface area contributed by atoms with E-state index >= 15 is 0 Å². The number of aryl methyl sites for hydroxylation is 1. The molecular weight excluding hydrogens is 560 g/mol. The van der Waals surface area contributed by atoms with Gasteiger partial charge in [0.2, 0.25) is 0 Å². The summed E-state index contributed by atoms with van der Waals surface area (Å²) in [6.45, 7) is 1.16. The fourth-order valence-electron chi connectivity index (χ4n) is 6.08. The Morgan fingerprint density at radius 1 is 1.02 bits per heavy atom. The zero-order chi connectivity index (χ0) is 31.0. The number of amides is 2. The van der Waals surface area contributed by atoms with Crippen LogP contribution < -0.4 is 26.2 Å². The number of nitrogens with zero attached hydrogens (tertiary/aromatic N) is 4. The summed E-state index contributed by atoms with van der Waals surface area (Å²) >= 11 is 0. The van der Waals surface area contributed by atoms with Crippen LogP contribution in [0.25, 0.3) is 21.8 Å². The number of piperidine rings is 1. The molecule has 5 aromatic rings. The number of nitrogens with one attached hydrogen (secondary N) is 1. The molecule has 11 nitrogen and oxygen atoms in total. The molecule has 1 aliphatic rings. The van der Waals surface area contributed by atoms with Crippen LogP contribution in [0, 0.1) is 0 Å². The lowest BCUT2D eigenvalue weighted by Crippen LogP contribution is -2.45. The maximum Gasteiger partial charge on any atom is 0.272 e. The fourth-order valence-corrected chi connectivity index (χ4v) is 6.08. The van der Waals surface area contributed by atoms with Crippen molar-refractivity contribution in [3.63, 3.8) is 0 Å². The summed E-state index contributed by atoms with van der Waals surface area (Å²) in [5.41, 5.74) is 7.93. The van der Waals surface area contributed by atoms with E-state index in [0.717, 1.165) is 11.1 Å². The van der Waals surface area contributed by atoms with Crippen LogP contribution in [-0.4, -0.2) is 58.0 Å². The molecule has 1 saturated heterocycles. The van der Waals surface area contributed by atoms with E-state index in [1.54, 1.807) is 54.2 Å². The number of hydrogen-bond acceptors (Lipinski definition) is 7. The molecule has 0 radical (unpaired) electrons. The van der Waals surface area contributed by atoms with E-state index in [1.807, 2.05) is 30.3 Å². The van der Waals surface area contributed by atoms with Gasteiger partial charge in [0, 0.05) is 49.0 Å². The lowest BCUT2D eigenvalue weighted by Gasteiger charge is -2.34. The fraction of sp³-hybridized carbons (Fsp3) is 0.242. The molecule has 11 heteroatoms. The second-order valence-electron chi connectivity index (χ2n) is 10.9. The highest BCUT2D eigenvalue weighted by atomic mass is 16.5. The van der Waals surface area contributed by atoms with Gasteiger partial charge < -0.3 is 25.3 Å². The smallest absolute Gasteiger partial charge is 0.272 e. The number of primary amides is 1. The van der Waals surface area contributed by atoms with Gasteiger partial charge in [0.1, 0.15) is 11.1 Å². The van der Waals surface area contributed by atoms with Gasteiger partial charge in [0.05, 0.1) is 24.7 Å². The van der Waals surface area contributed by atoms with Crippen molar-refractivity contribution >= 4 is 45.1 Å². The molecule has 0 bridgehead atoms. The van der Waals surface area contributed by atoms with Crippen LogP contribution in [-0.2, 0) is 13.6 Å². The molecule has 4 heterocycles. The van der Waals surface area contributed by atoms with E-state index in [0.29, 0.717) is 42.5 Å². The van der Waals surface area contributed by atoms with Crippen molar-refractivity contribution in [1.82, 2.24) is 19.4 Å². The van der Waals surface area contributed by atoms with E-state index in [2.05, 4.69) is 15.2 Å². The van der Waals surface area contributed by atoms with Gasteiger partial charge >= 0.3 is 0 Å². The highest BCUT2D eigenvalue weighted by Crippen LogP contribution is 2.35. The summed E-state index contributed by atoms with van der Waals surface area (Å²) in [4.78, 5) is 58.7. The summed E-state index contributed by atoms with van der Waals surface area (Å²) in [7, 11) is 3.18. The Hall–Kier alpha value is -5.45. The van der Waals surface area contributed by atoms with Crippen molar-refractivity contribution in [3.8, 4) is 5.75 Å². The van der Waals surface area contributed by atoms with Gasteiger partial charge in [-0.1, -0.05) is 48.5 Å². The zero-order valence-electron chi connectivity index (χ0n) is 24.4. The molecule has 1 aliphatic heterocycles. The lowest BCUT2D eigenvalue weighted by molar-refractivity contribution is 0.0918. The first-order valence-corrected chi connectivity index (χ1v) is 14.4. The molecule has 1 fully saturated rings. The second kappa shape index (κ2) is 11.7. The van der Waals surface area contributed by atoms with E-state index in [-0.39, 0.29) is 46.8 Å². The minimum Gasteiger partial charge on any atom is -0.493 e. The monoisotopic (exact) mass is 592 g/mol. The standard InChI is InChI=1S/C33H32N6O5/c1-37-28-23-10-6-7-11-25(23)39(19-26(40)20-8-4-3-5-9-20)33(43)27(28)30(44-2)29(37)32(42)36-21-13-16-38(17-14-21)22-12-15-35-24(18-22)31(34)41/h3-12,15,18,21H,13-14,16-17,19H2,1-2H3,(H2,34,41)(H,36,42). The number of fused-ring (bicyclic) bond motifs is 3. The van der Waals surface area contributed by atoms with E-state index in [1.165, 1.54) is 11.7 Å². The number of ether oxygens (including phenoxy) is 1. The van der Waals surface area contributed by atoms with Crippen molar-refractivity contribution < 1.29 is 19.1 Å². The van der Waals surface area contributed by atoms with Crippen molar-refractivity contribution in [3.05, 3.63) is 100 Å². The molecule has 6 rings (SSSR count). The number of pyridine rings is 2. The third-order valence-electron chi connectivity index (χ3n) is 8.27. The molecule has 44 heavy (non-hydrogen) atoms. The summed E-state index contributed by atoms with van der Waals surface area (Å²) in [5.74, 6) is -0.964. The third kappa shape index (κ3) is 5.06. The van der Waals surface area contributed by atoms with E-state index in [4.69, 9.17) is 10.5 Å². The lowest BCUT2D eigenvalue weighted by atomic mass is 10.0. The van der Waals surface area contributed by atoms with Crippen LogP contribution in [0.3, 0.4) is 0 Å². The number of carbonyl (C=O) groups excluding carboxylic acids is 3. The van der Waals surface area contributed by atoms with Crippen molar-refractivity contribution in [1.29, 1.82) is 0 Å². The minimum absolute atomic E-state index is 0.115. The first kappa shape index (κ1) is 28.7. The Labute approximate surface area is 252 Å². The number of anilines is 1. The molecule has 0 atom stereocenters. The van der Waals surface area contributed by atoms with Gasteiger partial charge in [0.15, 0.2) is 17.2 Å². The molecule has 0 aliphatic carbocycles. The van der Waals surface area contributed by atoms with E-state index in [9.17, 15) is 19.2 Å². The van der Waals surface area contributed by atoms with Crippen LogP contribution in [0.5, 0.6) is 5.75 Å². The Bertz CT molecular complexity index is 1970. The van der Waals surface area contributed by atoms with Crippen LogP contribution in [0.1, 0.15) is 44.2 Å². The van der Waals surface area contributed by atoms with Crippen LogP contribution in [0.4, 0.5) is 5.69 Å². The first-order valence-electron chi connectivity index (χ1n) is 14.4. The SMILES string of the molecule is COc1c(C(=O)NC2CCN(c3ccnc(C(N)=O)c3)CC2)n(C)c2c1c(=O)n(CC(=O)c1ccccc1)c1ccccc21. The molecule has 2 aromatic carbocycles. The number of rotatable bonds is 8. The normalized spacial score (nSPS) is 13.7. The van der Waals surface area contributed by atoms with Gasteiger partial charge in [-0.25, -0.2) is 0 Å². The molecular formula is C33H32N6O5. The number of methoxy groups -OCH3 is 1. The summed E-state index contributed by atoms with van der Waals surface area (Å²) in [5, 5.41) is 4.11. The molecule has 2 amide bonds. The van der Waals surface area contributed by atoms with Crippen LogP contribution in [0.2, 0.25) is 0 Å². The third-order valence-corrected chi connectivity index (χ3v) is 8.27. The Kier molecular flexibility index (Phi) is 7.60. The maximum atomic E-state index is 14.1. The average Bonchev–Trinajstić information content (AvgIpc) is 3.36. The predicted octanol–water partition coefficient (Wildman–Crippen LogP) is 3.28.